The topological polar surface area (TPSA) is 24.9 Å². The molecule has 1 saturated carbocycles. The Hall–Kier alpha value is -0.710. The van der Waals surface area contributed by atoms with Gasteiger partial charge in [-0.25, -0.2) is 4.98 Å². The first-order valence-corrected chi connectivity index (χ1v) is 9.33. The van der Waals surface area contributed by atoms with E-state index < -0.39 is 0 Å². The number of nitrogens with one attached hydrogen (secondary N) is 1. The van der Waals surface area contributed by atoms with Crippen LogP contribution in [0.5, 0.6) is 0 Å². The molecule has 1 atom stereocenters. The zero-order valence-electron chi connectivity index (χ0n) is 13.5. The third-order valence-electron chi connectivity index (χ3n) is 3.91. The fourth-order valence-electron chi connectivity index (χ4n) is 2.48. The van der Waals surface area contributed by atoms with Crippen LogP contribution in [0.3, 0.4) is 0 Å². The molecule has 0 saturated heterocycles. The fourth-order valence-corrected chi connectivity index (χ4v) is 4.57. The molecule has 2 nitrogen and oxygen atoms in total. The van der Waals surface area contributed by atoms with E-state index in [0.717, 1.165) is 0 Å². The Kier molecular flexibility index (Phi) is 3.97. The first-order chi connectivity index (χ1) is 9.84. The van der Waals surface area contributed by atoms with Gasteiger partial charge in [-0.15, -0.1) is 22.7 Å². The molecule has 0 spiro atoms. The molecule has 1 fully saturated rings. The lowest BCUT2D eigenvalue weighted by atomic mass is 9.93. The summed E-state index contributed by atoms with van der Waals surface area (Å²) in [6.45, 7) is 11.1. The molecule has 1 N–H and O–H groups in total. The van der Waals surface area contributed by atoms with Gasteiger partial charge in [0.25, 0.3) is 0 Å². The van der Waals surface area contributed by atoms with Crippen LogP contribution in [0.2, 0.25) is 0 Å². The second-order valence-electron chi connectivity index (χ2n) is 7.06. The number of hydrogen-bond acceptors (Lipinski definition) is 4. The Balaban J connectivity index is 1.95. The van der Waals surface area contributed by atoms with Gasteiger partial charge in [0.15, 0.2) is 0 Å². The lowest BCUT2D eigenvalue weighted by molar-refractivity contribution is 0.557. The van der Waals surface area contributed by atoms with Gasteiger partial charge < -0.3 is 5.32 Å². The molecule has 2 heterocycles. The molecule has 0 amide bonds. The van der Waals surface area contributed by atoms with Crippen molar-refractivity contribution in [1.29, 1.82) is 0 Å². The Labute approximate surface area is 135 Å². The summed E-state index contributed by atoms with van der Waals surface area (Å²) in [4.78, 5) is 7.75. The van der Waals surface area contributed by atoms with Gasteiger partial charge in [0, 0.05) is 26.6 Å². The van der Waals surface area contributed by atoms with Gasteiger partial charge in [-0.2, -0.15) is 0 Å². The number of hydrogen-bond donors (Lipinski definition) is 1. The van der Waals surface area contributed by atoms with E-state index in [-0.39, 0.29) is 11.5 Å². The van der Waals surface area contributed by atoms with E-state index in [2.05, 4.69) is 51.4 Å². The Morgan fingerprint density at radius 2 is 2.00 bits per heavy atom. The second-order valence-corrected chi connectivity index (χ2v) is 9.41. The minimum absolute atomic E-state index is 0.124. The maximum atomic E-state index is 4.95. The first kappa shape index (κ1) is 15.2. The molecule has 21 heavy (non-hydrogen) atoms. The van der Waals surface area contributed by atoms with Crippen molar-refractivity contribution in [2.24, 2.45) is 0 Å². The average Bonchev–Trinajstić information content (AvgIpc) is 2.93. The molecule has 114 valence electrons. The highest BCUT2D eigenvalue weighted by molar-refractivity contribution is 7.12. The molecule has 0 aliphatic heterocycles. The first-order valence-electron chi connectivity index (χ1n) is 7.63. The highest BCUT2D eigenvalue weighted by Crippen LogP contribution is 2.36. The summed E-state index contributed by atoms with van der Waals surface area (Å²) in [6, 6.07) is 3.28. The number of thiazole rings is 1. The van der Waals surface area contributed by atoms with Crippen molar-refractivity contribution in [2.75, 3.05) is 0 Å². The van der Waals surface area contributed by atoms with Crippen LogP contribution < -0.4 is 5.32 Å². The van der Waals surface area contributed by atoms with E-state index in [0.29, 0.717) is 6.04 Å². The Morgan fingerprint density at radius 3 is 2.48 bits per heavy atom. The summed E-state index contributed by atoms with van der Waals surface area (Å²) in [5.74, 6) is 0. The van der Waals surface area contributed by atoms with Gasteiger partial charge in [-0.05, 0) is 38.3 Å². The van der Waals surface area contributed by atoms with Gasteiger partial charge >= 0.3 is 0 Å². The Morgan fingerprint density at radius 1 is 1.29 bits per heavy atom. The maximum Gasteiger partial charge on any atom is 0.114 e. The molecule has 1 aliphatic rings. The van der Waals surface area contributed by atoms with Gasteiger partial charge in [0.05, 0.1) is 11.7 Å². The quantitative estimate of drug-likeness (QED) is 0.861. The van der Waals surface area contributed by atoms with Crippen LogP contribution in [-0.4, -0.2) is 11.0 Å². The molecular weight excluding hydrogens is 296 g/mol. The minimum atomic E-state index is 0.124. The molecule has 4 heteroatoms. The molecule has 0 radical (unpaired) electrons. The lowest BCUT2D eigenvalue weighted by Crippen LogP contribution is -2.25. The predicted octanol–water partition coefficient (Wildman–Crippen LogP) is 4.96. The SMILES string of the molecule is Cc1cc(C(NC2CC2)c2nc(C(C)(C)C)cs2)c(C)s1. The van der Waals surface area contributed by atoms with Crippen LogP contribution >= 0.6 is 22.7 Å². The van der Waals surface area contributed by atoms with Crippen molar-refractivity contribution in [3.8, 4) is 0 Å². The normalized spacial score (nSPS) is 17.2. The monoisotopic (exact) mass is 320 g/mol. The van der Waals surface area contributed by atoms with Crippen LogP contribution in [0.15, 0.2) is 11.4 Å². The average molecular weight is 321 g/mol. The van der Waals surface area contributed by atoms with Crippen molar-refractivity contribution >= 4 is 22.7 Å². The summed E-state index contributed by atoms with van der Waals surface area (Å²) in [6.07, 6.45) is 2.60. The van der Waals surface area contributed by atoms with E-state index in [1.165, 1.54) is 38.9 Å². The van der Waals surface area contributed by atoms with Crippen LogP contribution in [0.4, 0.5) is 0 Å². The number of nitrogens with zero attached hydrogens (tertiary/aromatic N) is 1. The van der Waals surface area contributed by atoms with Crippen molar-refractivity contribution in [2.45, 2.75) is 65.0 Å². The van der Waals surface area contributed by atoms with E-state index in [4.69, 9.17) is 4.98 Å². The number of rotatable bonds is 4. The van der Waals surface area contributed by atoms with Crippen molar-refractivity contribution in [3.63, 3.8) is 0 Å². The number of aryl methyl sites for hydroxylation is 2. The van der Waals surface area contributed by atoms with Gasteiger partial charge in [-0.3, -0.25) is 0 Å². The molecule has 3 rings (SSSR count). The standard InChI is InChI=1S/C17H24N2S2/c1-10-8-13(11(2)21-10)15(18-12-6-7-12)16-19-14(9-20-16)17(3,4)5/h8-9,12,15,18H,6-7H2,1-5H3. The highest BCUT2D eigenvalue weighted by Gasteiger charge is 2.30. The minimum Gasteiger partial charge on any atom is -0.301 e. The van der Waals surface area contributed by atoms with E-state index in [9.17, 15) is 0 Å². The number of thiophene rings is 1. The number of aromatic nitrogens is 1. The van der Waals surface area contributed by atoms with E-state index in [1.54, 1.807) is 11.3 Å². The zero-order chi connectivity index (χ0) is 15.2. The van der Waals surface area contributed by atoms with E-state index in [1.807, 2.05) is 11.3 Å². The van der Waals surface area contributed by atoms with Gasteiger partial charge in [0.2, 0.25) is 0 Å². The van der Waals surface area contributed by atoms with Crippen LogP contribution in [-0.2, 0) is 5.41 Å². The van der Waals surface area contributed by atoms with Gasteiger partial charge in [-0.1, -0.05) is 20.8 Å². The summed E-state index contributed by atoms with van der Waals surface area (Å²) in [5.41, 5.74) is 2.74. The van der Waals surface area contributed by atoms with E-state index >= 15 is 0 Å². The van der Waals surface area contributed by atoms with Crippen molar-refractivity contribution < 1.29 is 0 Å². The third kappa shape index (κ3) is 3.38. The molecule has 1 aliphatic carbocycles. The van der Waals surface area contributed by atoms with Crippen molar-refractivity contribution in [3.05, 3.63) is 37.5 Å². The third-order valence-corrected chi connectivity index (χ3v) is 5.80. The Bertz CT molecular complexity index is 630. The second kappa shape index (κ2) is 5.49. The van der Waals surface area contributed by atoms with Gasteiger partial charge in [0.1, 0.15) is 5.01 Å². The summed E-state index contributed by atoms with van der Waals surface area (Å²) in [7, 11) is 0. The summed E-state index contributed by atoms with van der Waals surface area (Å²) < 4.78 is 0. The maximum absolute atomic E-state index is 4.95. The fraction of sp³-hybridized carbons (Fsp3) is 0.588. The lowest BCUT2D eigenvalue weighted by Gasteiger charge is -2.18. The molecule has 0 bridgehead atoms. The zero-order valence-corrected chi connectivity index (χ0v) is 15.1. The summed E-state index contributed by atoms with van der Waals surface area (Å²) >= 11 is 3.69. The van der Waals surface area contributed by atoms with Crippen molar-refractivity contribution in [1.82, 2.24) is 10.3 Å². The predicted molar refractivity (Wildman–Crippen MR) is 92.6 cm³/mol. The molecule has 1 unspecified atom stereocenters. The summed E-state index contributed by atoms with van der Waals surface area (Å²) in [5, 5.41) is 7.24. The molecule has 0 aromatic carbocycles. The van der Waals surface area contributed by atoms with Crippen LogP contribution in [0.1, 0.15) is 65.7 Å². The van der Waals surface area contributed by atoms with Crippen LogP contribution in [0, 0.1) is 13.8 Å². The molecule has 2 aromatic rings. The molecular formula is C17H24N2S2. The molecule has 2 aromatic heterocycles. The van der Waals surface area contributed by atoms with Crippen LogP contribution in [0.25, 0.3) is 0 Å². The highest BCUT2D eigenvalue weighted by atomic mass is 32.1. The largest absolute Gasteiger partial charge is 0.301 e. The smallest absolute Gasteiger partial charge is 0.114 e.